The van der Waals surface area contributed by atoms with Crippen molar-refractivity contribution in [2.75, 3.05) is 45.1 Å². The molecule has 0 bridgehead atoms. The first kappa shape index (κ1) is 18.5. The molecule has 2 rings (SSSR count). The maximum atomic E-state index is 12.6. The summed E-state index contributed by atoms with van der Waals surface area (Å²) in [7, 11) is 4.69. The third-order valence-corrected chi connectivity index (χ3v) is 3.51. The number of pyridine rings is 1. The zero-order valence-electron chi connectivity index (χ0n) is 14.7. The van der Waals surface area contributed by atoms with E-state index in [4.69, 9.17) is 14.2 Å². The summed E-state index contributed by atoms with van der Waals surface area (Å²) in [5.74, 6) is 0.976. The Labute approximate surface area is 147 Å². The Morgan fingerprint density at radius 2 is 1.80 bits per heavy atom. The fourth-order valence-electron chi connectivity index (χ4n) is 2.28. The van der Waals surface area contributed by atoms with Crippen molar-refractivity contribution in [3.8, 4) is 11.5 Å². The van der Waals surface area contributed by atoms with Gasteiger partial charge >= 0.3 is 0 Å². The molecule has 1 aromatic heterocycles. The first-order valence-corrected chi connectivity index (χ1v) is 7.90. The number of nitrogens with zero attached hydrogens (tertiary/aromatic N) is 1. The quantitative estimate of drug-likeness (QED) is 0.680. The van der Waals surface area contributed by atoms with Gasteiger partial charge in [-0.05, 0) is 30.7 Å². The molecule has 0 aliphatic rings. The van der Waals surface area contributed by atoms with Gasteiger partial charge in [-0.2, -0.15) is 0 Å². The van der Waals surface area contributed by atoms with Crippen LogP contribution in [0.25, 0.3) is 0 Å². The van der Waals surface area contributed by atoms with Crippen LogP contribution >= 0.6 is 0 Å². The summed E-state index contributed by atoms with van der Waals surface area (Å²) in [5, 5.41) is 5.99. The molecule has 7 heteroatoms. The van der Waals surface area contributed by atoms with E-state index in [0.29, 0.717) is 29.5 Å². The highest BCUT2D eigenvalue weighted by Crippen LogP contribution is 2.28. The average molecular weight is 345 g/mol. The first-order valence-electron chi connectivity index (χ1n) is 7.90. The topological polar surface area (TPSA) is 81.7 Å². The van der Waals surface area contributed by atoms with E-state index >= 15 is 0 Å². The van der Waals surface area contributed by atoms with Gasteiger partial charge in [0.25, 0.3) is 5.91 Å². The number of hydrogen-bond acceptors (Lipinski definition) is 6. The second-order valence-corrected chi connectivity index (χ2v) is 5.20. The van der Waals surface area contributed by atoms with Crippen LogP contribution in [0.1, 0.15) is 16.8 Å². The smallest absolute Gasteiger partial charge is 0.264 e. The lowest BCUT2D eigenvalue weighted by Crippen LogP contribution is -2.15. The van der Waals surface area contributed by atoms with E-state index in [-0.39, 0.29) is 5.91 Å². The summed E-state index contributed by atoms with van der Waals surface area (Å²) in [5.41, 5.74) is 1.21. The van der Waals surface area contributed by atoms with Gasteiger partial charge in [0.05, 0.1) is 26.1 Å². The molecular formula is C18H23N3O4. The highest BCUT2D eigenvalue weighted by atomic mass is 16.5. The Morgan fingerprint density at radius 3 is 2.36 bits per heavy atom. The number of nitrogens with one attached hydrogen (secondary N) is 2. The van der Waals surface area contributed by atoms with Crippen molar-refractivity contribution in [3.05, 3.63) is 42.1 Å². The molecule has 0 radical (unpaired) electrons. The van der Waals surface area contributed by atoms with Gasteiger partial charge in [0.1, 0.15) is 22.9 Å². The number of benzene rings is 1. The number of rotatable bonds is 9. The minimum atomic E-state index is -0.345. The van der Waals surface area contributed by atoms with E-state index in [2.05, 4.69) is 15.6 Å². The van der Waals surface area contributed by atoms with Crippen molar-refractivity contribution in [3.63, 3.8) is 0 Å². The fraction of sp³-hybridized carbons (Fsp3) is 0.333. The number of ether oxygens (including phenoxy) is 3. The van der Waals surface area contributed by atoms with Crippen LogP contribution in [0.2, 0.25) is 0 Å². The maximum absolute atomic E-state index is 12.6. The Morgan fingerprint density at radius 1 is 1.08 bits per heavy atom. The Kier molecular flexibility index (Phi) is 7.03. The van der Waals surface area contributed by atoms with Gasteiger partial charge in [0.2, 0.25) is 0 Å². The molecule has 0 fully saturated rings. The van der Waals surface area contributed by atoms with E-state index in [9.17, 15) is 4.79 Å². The zero-order valence-corrected chi connectivity index (χ0v) is 14.7. The lowest BCUT2D eigenvalue weighted by atomic mass is 10.1. The largest absolute Gasteiger partial charge is 0.496 e. The molecule has 0 aliphatic heterocycles. The maximum Gasteiger partial charge on any atom is 0.264 e. The number of amides is 1. The molecule has 134 valence electrons. The van der Waals surface area contributed by atoms with Crippen LogP contribution in [-0.2, 0) is 4.74 Å². The number of anilines is 2. The van der Waals surface area contributed by atoms with Crippen LogP contribution < -0.4 is 20.1 Å². The van der Waals surface area contributed by atoms with Crippen molar-refractivity contribution in [1.82, 2.24) is 4.98 Å². The molecule has 1 amide bonds. The Balaban J connectivity index is 2.04. The van der Waals surface area contributed by atoms with Gasteiger partial charge in [-0.15, -0.1) is 0 Å². The van der Waals surface area contributed by atoms with Crippen LogP contribution in [0.15, 0.2) is 36.5 Å². The second-order valence-electron chi connectivity index (χ2n) is 5.20. The molecule has 2 aromatic rings. The van der Waals surface area contributed by atoms with E-state index in [0.717, 1.165) is 18.7 Å². The number of carbonyl (C=O) groups excluding carboxylic acids is 1. The van der Waals surface area contributed by atoms with E-state index in [1.807, 2.05) is 6.07 Å². The Bertz CT molecular complexity index is 667. The monoisotopic (exact) mass is 345 g/mol. The Hall–Kier alpha value is -2.80. The number of aromatic nitrogens is 1. The lowest BCUT2D eigenvalue weighted by molar-refractivity contribution is 0.102. The van der Waals surface area contributed by atoms with Gasteiger partial charge in [0.15, 0.2) is 0 Å². The molecule has 0 aliphatic carbocycles. The van der Waals surface area contributed by atoms with Crippen LogP contribution in [0.3, 0.4) is 0 Å². The molecule has 1 heterocycles. The van der Waals surface area contributed by atoms with Gasteiger partial charge in [-0.25, -0.2) is 4.98 Å². The first-order chi connectivity index (χ1) is 12.2. The highest BCUT2D eigenvalue weighted by molar-refractivity contribution is 6.07. The molecule has 0 saturated heterocycles. The zero-order chi connectivity index (χ0) is 18.1. The van der Waals surface area contributed by atoms with E-state index in [1.54, 1.807) is 37.6 Å². The van der Waals surface area contributed by atoms with Gasteiger partial charge < -0.3 is 24.8 Å². The van der Waals surface area contributed by atoms with Gasteiger partial charge in [0, 0.05) is 20.3 Å². The van der Waals surface area contributed by atoms with Crippen molar-refractivity contribution in [1.29, 1.82) is 0 Å². The highest BCUT2D eigenvalue weighted by Gasteiger charge is 2.18. The van der Waals surface area contributed by atoms with E-state index in [1.165, 1.54) is 14.2 Å². The summed E-state index contributed by atoms with van der Waals surface area (Å²) >= 11 is 0. The van der Waals surface area contributed by atoms with Crippen molar-refractivity contribution < 1.29 is 19.0 Å². The minimum Gasteiger partial charge on any atom is -0.496 e. The second kappa shape index (κ2) is 9.48. The number of methoxy groups -OCH3 is 3. The molecule has 2 N–H and O–H groups in total. The van der Waals surface area contributed by atoms with Crippen LogP contribution in [0.5, 0.6) is 11.5 Å². The fourth-order valence-corrected chi connectivity index (χ4v) is 2.28. The van der Waals surface area contributed by atoms with Gasteiger partial charge in [-0.1, -0.05) is 6.07 Å². The van der Waals surface area contributed by atoms with Crippen molar-refractivity contribution >= 4 is 17.4 Å². The SMILES string of the molecule is COCCCNc1ccc(NC(=O)c2c(OC)cccc2OC)nc1. The standard InChI is InChI=1S/C18H23N3O4/c1-23-11-5-10-19-13-8-9-16(20-12-13)21-18(22)17-14(24-2)6-4-7-15(17)25-3/h4,6-9,12,19H,5,10-11H2,1-3H3,(H,20,21,22). The predicted octanol–water partition coefficient (Wildman–Crippen LogP) is 2.80. The molecule has 0 saturated carbocycles. The third kappa shape index (κ3) is 5.09. The number of hydrogen-bond donors (Lipinski definition) is 2. The molecule has 1 aromatic carbocycles. The normalized spacial score (nSPS) is 10.2. The molecule has 0 spiro atoms. The minimum absolute atomic E-state index is 0.330. The molecule has 25 heavy (non-hydrogen) atoms. The molecule has 7 nitrogen and oxygen atoms in total. The molecule has 0 unspecified atom stereocenters. The third-order valence-electron chi connectivity index (χ3n) is 3.51. The summed E-state index contributed by atoms with van der Waals surface area (Å²) in [6.45, 7) is 1.49. The van der Waals surface area contributed by atoms with Gasteiger partial charge in [-0.3, -0.25) is 4.79 Å². The van der Waals surface area contributed by atoms with Crippen LogP contribution in [0.4, 0.5) is 11.5 Å². The lowest BCUT2D eigenvalue weighted by Gasteiger charge is -2.13. The predicted molar refractivity (Wildman–Crippen MR) is 96.7 cm³/mol. The van der Waals surface area contributed by atoms with Crippen LogP contribution in [0, 0.1) is 0 Å². The number of carbonyl (C=O) groups is 1. The van der Waals surface area contributed by atoms with Crippen molar-refractivity contribution in [2.45, 2.75) is 6.42 Å². The average Bonchev–Trinajstić information content (AvgIpc) is 2.65. The summed E-state index contributed by atoms with van der Waals surface area (Å²) < 4.78 is 15.5. The van der Waals surface area contributed by atoms with E-state index < -0.39 is 0 Å². The molecule has 0 atom stereocenters. The van der Waals surface area contributed by atoms with Crippen LogP contribution in [-0.4, -0.2) is 45.4 Å². The summed E-state index contributed by atoms with van der Waals surface area (Å²) in [4.78, 5) is 16.8. The molecular weight excluding hydrogens is 322 g/mol. The van der Waals surface area contributed by atoms with Crippen molar-refractivity contribution in [2.24, 2.45) is 0 Å². The summed E-state index contributed by atoms with van der Waals surface area (Å²) in [6.07, 6.45) is 2.57. The summed E-state index contributed by atoms with van der Waals surface area (Å²) in [6, 6.07) is 8.76.